The standard InChI is InChI=1S/C10H23NO2S/c1-5-10(6-2)11-9(4)8-14(12,13)7-3/h9-11H,5-8H2,1-4H3. The Labute approximate surface area is 88.2 Å². The van der Waals surface area contributed by atoms with Crippen LogP contribution in [0.25, 0.3) is 0 Å². The minimum absolute atomic E-state index is 0.0600. The molecule has 0 aromatic heterocycles. The lowest BCUT2D eigenvalue weighted by Crippen LogP contribution is -2.40. The number of nitrogens with one attached hydrogen (secondary N) is 1. The van der Waals surface area contributed by atoms with Crippen molar-refractivity contribution >= 4 is 9.84 Å². The first-order valence-electron chi connectivity index (χ1n) is 5.41. The van der Waals surface area contributed by atoms with Gasteiger partial charge in [-0.25, -0.2) is 8.42 Å². The third-order valence-electron chi connectivity index (χ3n) is 2.45. The van der Waals surface area contributed by atoms with Gasteiger partial charge >= 0.3 is 0 Å². The molecule has 1 unspecified atom stereocenters. The molecule has 0 saturated heterocycles. The van der Waals surface area contributed by atoms with Gasteiger partial charge in [0.2, 0.25) is 0 Å². The van der Waals surface area contributed by atoms with Gasteiger partial charge in [-0.1, -0.05) is 20.8 Å². The number of hydrogen-bond acceptors (Lipinski definition) is 3. The minimum atomic E-state index is -2.84. The summed E-state index contributed by atoms with van der Waals surface area (Å²) in [5, 5.41) is 3.33. The van der Waals surface area contributed by atoms with Crippen molar-refractivity contribution in [2.24, 2.45) is 0 Å². The molecule has 0 aromatic carbocycles. The van der Waals surface area contributed by atoms with E-state index in [0.29, 0.717) is 6.04 Å². The lowest BCUT2D eigenvalue weighted by Gasteiger charge is -2.20. The highest BCUT2D eigenvalue weighted by Crippen LogP contribution is 2.01. The van der Waals surface area contributed by atoms with Crippen molar-refractivity contribution in [1.29, 1.82) is 0 Å². The Balaban J connectivity index is 4.03. The maximum Gasteiger partial charge on any atom is 0.151 e. The van der Waals surface area contributed by atoms with Crippen molar-refractivity contribution in [3.63, 3.8) is 0 Å². The second-order valence-electron chi connectivity index (χ2n) is 3.78. The van der Waals surface area contributed by atoms with E-state index >= 15 is 0 Å². The molecule has 0 aliphatic heterocycles. The van der Waals surface area contributed by atoms with Gasteiger partial charge in [0.1, 0.15) is 0 Å². The smallest absolute Gasteiger partial charge is 0.151 e. The van der Waals surface area contributed by atoms with Gasteiger partial charge in [0.25, 0.3) is 0 Å². The Morgan fingerprint density at radius 1 is 1.14 bits per heavy atom. The quantitative estimate of drug-likeness (QED) is 0.710. The molecular formula is C10H23NO2S. The van der Waals surface area contributed by atoms with Gasteiger partial charge in [-0.05, 0) is 19.8 Å². The Morgan fingerprint density at radius 2 is 1.64 bits per heavy atom. The number of sulfone groups is 1. The van der Waals surface area contributed by atoms with E-state index in [1.165, 1.54) is 0 Å². The average Bonchev–Trinajstić information content (AvgIpc) is 2.13. The summed E-state index contributed by atoms with van der Waals surface area (Å²) in [4.78, 5) is 0. The third kappa shape index (κ3) is 5.60. The first kappa shape index (κ1) is 13.9. The largest absolute Gasteiger partial charge is 0.311 e. The van der Waals surface area contributed by atoms with Gasteiger partial charge < -0.3 is 5.32 Å². The van der Waals surface area contributed by atoms with Crippen molar-refractivity contribution in [3.8, 4) is 0 Å². The molecule has 4 heteroatoms. The van der Waals surface area contributed by atoms with E-state index in [1.807, 2.05) is 6.92 Å². The summed E-state index contributed by atoms with van der Waals surface area (Å²) in [6, 6.07) is 0.502. The minimum Gasteiger partial charge on any atom is -0.311 e. The van der Waals surface area contributed by atoms with Crippen LogP contribution >= 0.6 is 0 Å². The third-order valence-corrected chi connectivity index (χ3v) is 4.34. The molecule has 0 spiro atoms. The van der Waals surface area contributed by atoms with Gasteiger partial charge in [0.15, 0.2) is 9.84 Å². The van der Waals surface area contributed by atoms with E-state index in [0.717, 1.165) is 12.8 Å². The van der Waals surface area contributed by atoms with Crippen molar-refractivity contribution in [2.75, 3.05) is 11.5 Å². The fourth-order valence-electron chi connectivity index (χ4n) is 1.47. The van der Waals surface area contributed by atoms with Gasteiger partial charge in [0, 0.05) is 17.8 Å². The van der Waals surface area contributed by atoms with Gasteiger partial charge in [-0.15, -0.1) is 0 Å². The number of rotatable bonds is 7. The summed E-state index contributed by atoms with van der Waals surface area (Å²) < 4.78 is 22.7. The van der Waals surface area contributed by atoms with Crippen molar-refractivity contribution in [1.82, 2.24) is 5.32 Å². The van der Waals surface area contributed by atoms with Crippen molar-refractivity contribution in [2.45, 2.75) is 52.6 Å². The van der Waals surface area contributed by atoms with E-state index in [2.05, 4.69) is 19.2 Å². The molecular weight excluding hydrogens is 198 g/mol. The number of hydrogen-bond donors (Lipinski definition) is 1. The molecule has 0 saturated carbocycles. The molecule has 14 heavy (non-hydrogen) atoms. The van der Waals surface area contributed by atoms with Crippen LogP contribution < -0.4 is 5.32 Å². The molecule has 0 aliphatic carbocycles. The predicted octanol–water partition coefficient (Wildman–Crippen LogP) is 1.59. The van der Waals surface area contributed by atoms with Gasteiger partial charge in [-0.2, -0.15) is 0 Å². The van der Waals surface area contributed by atoms with Gasteiger partial charge in [-0.3, -0.25) is 0 Å². The van der Waals surface area contributed by atoms with Crippen LogP contribution in [0.5, 0.6) is 0 Å². The first-order chi connectivity index (χ1) is 6.45. The highest BCUT2D eigenvalue weighted by Gasteiger charge is 2.15. The SMILES string of the molecule is CCC(CC)NC(C)CS(=O)(=O)CC. The molecule has 0 rings (SSSR count). The zero-order chi connectivity index (χ0) is 11.2. The van der Waals surface area contributed by atoms with Gasteiger partial charge in [0.05, 0.1) is 5.75 Å². The summed E-state index contributed by atoms with van der Waals surface area (Å²) in [6.45, 7) is 7.86. The summed E-state index contributed by atoms with van der Waals surface area (Å²) in [7, 11) is -2.84. The Hall–Kier alpha value is -0.0900. The average molecular weight is 221 g/mol. The molecule has 0 radical (unpaired) electrons. The molecule has 86 valence electrons. The van der Waals surface area contributed by atoms with Crippen LogP contribution in [0, 0.1) is 0 Å². The Morgan fingerprint density at radius 3 is 2.00 bits per heavy atom. The van der Waals surface area contributed by atoms with E-state index < -0.39 is 9.84 Å². The molecule has 0 fully saturated rings. The summed E-state index contributed by atoms with van der Waals surface area (Å²) in [6.07, 6.45) is 2.10. The Bertz CT molecular complexity index is 233. The zero-order valence-corrected chi connectivity index (χ0v) is 10.5. The second-order valence-corrected chi connectivity index (χ2v) is 6.18. The second kappa shape index (κ2) is 6.40. The Kier molecular flexibility index (Phi) is 6.36. The van der Waals surface area contributed by atoms with Crippen molar-refractivity contribution < 1.29 is 8.42 Å². The van der Waals surface area contributed by atoms with Crippen LogP contribution in [0.1, 0.15) is 40.5 Å². The van der Waals surface area contributed by atoms with Crippen LogP contribution in [-0.2, 0) is 9.84 Å². The highest BCUT2D eigenvalue weighted by molar-refractivity contribution is 7.91. The summed E-state index contributed by atoms with van der Waals surface area (Å²) in [5.41, 5.74) is 0. The van der Waals surface area contributed by atoms with E-state index in [-0.39, 0.29) is 17.5 Å². The normalized spacial score (nSPS) is 14.6. The molecule has 0 aliphatic rings. The van der Waals surface area contributed by atoms with Crippen LogP contribution in [0.4, 0.5) is 0 Å². The fraction of sp³-hybridized carbons (Fsp3) is 1.00. The monoisotopic (exact) mass is 221 g/mol. The van der Waals surface area contributed by atoms with E-state index in [9.17, 15) is 8.42 Å². The lowest BCUT2D eigenvalue weighted by atomic mass is 10.1. The van der Waals surface area contributed by atoms with Crippen molar-refractivity contribution in [3.05, 3.63) is 0 Å². The summed E-state index contributed by atoms with van der Waals surface area (Å²) in [5.74, 6) is 0.488. The summed E-state index contributed by atoms with van der Waals surface area (Å²) >= 11 is 0. The van der Waals surface area contributed by atoms with E-state index in [1.54, 1.807) is 6.92 Å². The highest BCUT2D eigenvalue weighted by atomic mass is 32.2. The van der Waals surface area contributed by atoms with Crippen LogP contribution in [0.3, 0.4) is 0 Å². The maximum absolute atomic E-state index is 11.3. The maximum atomic E-state index is 11.3. The molecule has 0 heterocycles. The van der Waals surface area contributed by atoms with E-state index in [4.69, 9.17) is 0 Å². The molecule has 3 nitrogen and oxygen atoms in total. The molecule has 0 amide bonds. The zero-order valence-electron chi connectivity index (χ0n) is 9.71. The first-order valence-corrected chi connectivity index (χ1v) is 7.23. The molecule has 1 atom stereocenters. The topological polar surface area (TPSA) is 46.2 Å². The van der Waals surface area contributed by atoms with Crippen LogP contribution in [0.2, 0.25) is 0 Å². The molecule has 1 N–H and O–H groups in total. The molecule has 0 bridgehead atoms. The molecule has 0 aromatic rings. The predicted molar refractivity (Wildman–Crippen MR) is 61.3 cm³/mol. The lowest BCUT2D eigenvalue weighted by molar-refractivity contribution is 0.440. The van der Waals surface area contributed by atoms with Crippen LogP contribution in [0.15, 0.2) is 0 Å². The fourth-order valence-corrected chi connectivity index (χ4v) is 2.57. The van der Waals surface area contributed by atoms with Crippen LogP contribution in [-0.4, -0.2) is 32.0 Å².